The minimum Gasteiger partial charge on any atom is -0.480 e. The summed E-state index contributed by atoms with van der Waals surface area (Å²) in [5.41, 5.74) is 43.7. The van der Waals surface area contributed by atoms with E-state index < -0.39 is 120 Å². The van der Waals surface area contributed by atoms with E-state index in [1.807, 2.05) is 44.2 Å². The van der Waals surface area contributed by atoms with Gasteiger partial charge in [-0.15, -0.1) is 0 Å². The summed E-state index contributed by atoms with van der Waals surface area (Å²) in [6, 6.07) is 9.16. The summed E-state index contributed by atoms with van der Waals surface area (Å²) >= 11 is 0. The number of rotatable bonds is 39. The smallest absolute Gasteiger partial charge is 0.326 e. The number of aliphatic hydroxyl groups is 1. The number of fused-ring (bicyclic) bond motifs is 3. The van der Waals surface area contributed by atoms with Gasteiger partial charge in [0, 0.05) is 83.8 Å². The molecule has 32 nitrogen and oxygen atoms in total. The SMILES string of the molecule is CC(C)C[C@H](NC(=O)[C@@H](N)Cc1c[nH]c2ccccc12)C(=O)N[C@H](C(=O)N[C@@H](Cc1c[nH]c2ccccc12)C(=O)N[C@@H](CO)C(=O)N[C@@H](Cc1c[nH]c2ccccc12)C(=O)N[C@@H](CCCN=C(N)N)C(=O)N[C@@H](CCCN=C(N)N)C(=O)N[C@@H](CCCN=C(N)N)C(=O)O)C(C)C. The Kier molecular flexibility index (Phi) is 28.5. The van der Waals surface area contributed by atoms with E-state index >= 15 is 0 Å². The second kappa shape index (κ2) is 36.8. The van der Waals surface area contributed by atoms with Crippen LogP contribution in [0.2, 0.25) is 0 Å². The lowest BCUT2D eigenvalue weighted by molar-refractivity contribution is -0.142. The van der Waals surface area contributed by atoms with Crippen molar-refractivity contribution in [1.82, 2.24) is 57.5 Å². The number of carbonyl (C=O) groups excluding carboxylic acids is 8. The molecule has 0 saturated heterocycles. The highest BCUT2D eigenvalue weighted by Crippen LogP contribution is 2.23. The van der Waals surface area contributed by atoms with Crippen molar-refractivity contribution in [2.24, 2.45) is 66.9 Å². The van der Waals surface area contributed by atoms with Gasteiger partial charge in [-0.2, -0.15) is 0 Å². The fraction of sp³-hybridized carbons (Fsp3) is 0.446. The number of aliphatic carboxylic acids is 1. The monoisotopic (exact) mass is 1340 g/mol. The normalized spacial score (nSPS) is 14.1. The van der Waals surface area contributed by atoms with E-state index in [0.29, 0.717) is 32.9 Å². The Morgan fingerprint density at radius 3 is 1.14 bits per heavy atom. The van der Waals surface area contributed by atoms with E-state index in [2.05, 4.69) is 72.5 Å². The number of hydrogen-bond acceptors (Lipinski definition) is 14. The third-order valence-corrected chi connectivity index (χ3v) is 16.0. The van der Waals surface area contributed by atoms with Crippen molar-refractivity contribution >= 4 is 104 Å². The van der Waals surface area contributed by atoms with Crippen LogP contribution in [0.15, 0.2) is 106 Å². The number of benzene rings is 3. The van der Waals surface area contributed by atoms with Gasteiger partial charge >= 0.3 is 5.97 Å². The van der Waals surface area contributed by atoms with Crippen LogP contribution >= 0.6 is 0 Å². The van der Waals surface area contributed by atoms with Gasteiger partial charge in [0.15, 0.2) is 17.9 Å². The second-order valence-electron chi connectivity index (χ2n) is 24.5. The number of H-pyrrole nitrogens is 3. The molecule has 9 atom stereocenters. The largest absolute Gasteiger partial charge is 0.480 e. The average molecular weight is 1340 g/mol. The van der Waals surface area contributed by atoms with Crippen LogP contribution in [0, 0.1) is 11.8 Å². The van der Waals surface area contributed by atoms with Crippen molar-refractivity contribution in [2.75, 3.05) is 26.2 Å². The minimum absolute atomic E-state index is 0.0113. The van der Waals surface area contributed by atoms with Crippen molar-refractivity contribution in [1.29, 1.82) is 0 Å². The van der Waals surface area contributed by atoms with Gasteiger partial charge in [0.1, 0.15) is 48.3 Å². The van der Waals surface area contributed by atoms with Gasteiger partial charge in [0.2, 0.25) is 47.3 Å². The van der Waals surface area contributed by atoms with E-state index in [4.69, 9.17) is 40.1 Å². The van der Waals surface area contributed by atoms with Crippen LogP contribution in [0.1, 0.15) is 89.3 Å². The topological polar surface area (TPSA) is 557 Å². The molecular formula is C65H93N21O11. The fourth-order valence-corrected chi connectivity index (χ4v) is 11.0. The Bertz CT molecular complexity index is 3770. The lowest BCUT2D eigenvalue weighted by Gasteiger charge is -2.29. The van der Waals surface area contributed by atoms with E-state index in [0.717, 1.165) is 16.5 Å². The summed E-state index contributed by atoms with van der Waals surface area (Å²) in [7, 11) is 0. The first-order valence-corrected chi connectivity index (χ1v) is 32.1. The van der Waals surface area contributed by atoms with Gasteiger partial charge < -0.3 is 108 Å². The molecule has 0 spiro atoms. The highest BCUT2D eigenvalue weighted by atomic mass is 16.4. The van der Waals surface area contributed by atoms with Gasteiger partial charge in [-0.05, 0) is 98.1 Å². The van der Waals surface area contributed by atoms with E-state index in [-0.39, 0.29) is 108 Å². The standard InChI is InChI=1S/C65H93N21O11/c1-34(2)26-49(82-54(88)42(66)27-36-30-76-43-17-8-5-14-39(36)43)59(93)86-53(35(3)4)61(95)84-51(29-38-32-78-45-19-10-7-16-41(38)45)58(92)85-52(33-87)60(94)83-50(28-37-31-77-44-18-9-6-15-40(37)44)57(91)80-46(20-11-23-73-63(67)68)55(89)79-47(21-12-24-74-64(69)70)56(90)81-48(62(96)97)22-13-25-75-65(71)72/h5-10,14-19,30-32,34-35,42,46-53,76-78,87H,11-13,20-29,33,66H2,1-4H3,(H,79,89)(H,80,91)(H,81,90)(H,82,88)(H,83,94)(H,84,95)(H,85,92)(H,86,93)(H,96,97)(H4,67,68,73)(H4,69,70,74)(H4,71,72,75)/t42-,46-,47-,48-,49-,50-,51-,52-,53-/m0/s1. The molecule has 3 aromatic carbocycles. The number of nitrogens with zero attached hydrogens (tertiary/aromatic N) is 3. The van der Waals surface area contributed by atoms with Crippen molar-refractivity contribution in [3.8, 4) is 0 Å². The highest BCUT2D eigenvalue weighted by Gasteiger charge is 2.37. The molecule has 32 heteroatoms. The number of amides is 8. The van der Waals surface area contributed by atoms with Crippen LogP contribution in [0.5, 0.6) is 0 Å². The molecule has 0 aliphatic carbocycles. The molecule has 0 unspecified atom stereocenters. The van der Waals surface area contributed by atoms with Crippen molar-refractivity contribution in [3.63, 3.8) is 0 Å². The molecule has 3 heterocycles. The Balaban J connectivity index is 1.25. The molecule has 6 aromatic rings. The van der Waals surface area contributed by atoms with Gasteiger partial charge in [0.25, 0.3) is 0 Å². The third-order valence-electron chi connectivity index (χ3n) is 16.0. The summed E-state index contributed by atoms with van der Waals surface area (Å²) in [6.45, 7) is 6.11. The molecule has 0 aliphatic heterocycles. The molecule has 97 heavy (non-hydrogen) atoms. The molecule has 0 aliphatic rings. The predicted octanol–water partition coefficient (Wildman–Crippen LogP) is -1.70. The predicted molar refractivity (Wildman–Crippen MR) is 368 cm³/mol. The lowest BCUT2D eigenvalue weighted by atomic mass is 9.98. The molecule has 0 bridgehead atoms. The van der Waals surface area contributed by atoms with E-state index in [1.54, 1.807) is 74.9 Å². The first-order chi connectivity index (χ1) is 46.2. The van der Waals surface area contributed by atoms with E-state index in [9.17, 15) is 53.4 Å². The maximum atomic E-state index is 14.9. The number of carbonyl (C=O) groups is 9. The third kappa shape index (κ3) is 23.0. The molecule has 0 saturated carbocycles. The fourth-order valence-electron chi connectivity index (χ4n) is 11.0. The Morgan fingerprint density at radius 2 is 0.753 bits per heavy atom. The lowest BCUT2D eigenvalue weighted by Crippen LogP contribution is -2.62. The summed E-state index contributed by atoms with van der Waals surface area (Å²) in [6.07, 6.45) is 4.92. The van der Waals surface area contributed by atoms with Crippen LogP contribution in [0.4, 0.5) is 0 Å². The second-order valence-corrected chi connectivity index (χ2v) is 24.5. The van der Waals surface area contributed by atoms with Crippen molar-refractivity contribution < 1.29 is 53.4 Å². The summed E-state index contributed by atoms with van der Waals surface area (Å²) in [5, 5.41) is 44.6. The van der Waals surface area contributed by atoms with Gasteiger partial charge in [-0.1, -0.05) is 82.3 Å². The average Bonchev–Trinajstić information content (AvgIpc) is 1.77. The summed E-state index contributed by atoms with van der Waals surface area (Å²) < 4.78 is 0. The zero-order valence-corrected chi connectivity index (χ0v) is 54.9. The molecule has 6 rings (SSSR count). The van der Waals surface area contributed by atoms with Crippen molar-refractivity contribution in [3.05, 3.63) is 108 Å². The summed E-state index contributed by atoms with van der Waals surface area (Å²) in [5.74, 6) is -9.67. The highest BCUT2D eigenvalue weighted by molar-refractivity contribution is 5.99. The molecule has 524 valence electrons. The number of carboxylic acids is 1. The minimum atomic E-state index is -1.80. The van der Waals surface area contributed by atoms with Crippen LogP contribution in [-0.4, -0.2) is 177 Å². The van der Waals surface area contributed by atoms with E-state index in [1.165, 1.54) is 0 Å². The number of guanidine groups is 3. The molecule has 0 radical (unpaired) electrons. The number of aliphatic imine (C=N–C) groups is 3. The zero-order chi connectivity index (χ0) is 70.9. The number of carboxylic acid groups (broad SMARTS) is 1. The zero-order valence-electron chi connectivity index (χ0n) is 54.9. The molecule has 27 N–H and O–H groups in total. The van der Waals surface area contributed by atoms with Gasteiger partial charge in [-0.3, -0.25) is 53.3 Å². The van der Waals surface area contributed by atoms with Crippen LogP contribution in [0.3, 0.4) is 0 Å². The van der Waals surface area contributed by atoms with Crippen molar-refractivity contribution in [2.45, 2.75) is 146 Å². The van der Waals surface area contributed by atoms with Gasteiger partial charge in [0.05, 0.1) is 12.6 Å². The number of hydrogen-bond donors (Lipinski definition) is 20. The number of nitrogens with one attached hydrogen (secondary N) is 11. The maximum absolute atomic E-state index is 14.9. The maximum Gasteiger partial charge on any atom is 0.326 e. The number of aliphatic hydroxyl groups excluding tert-OH is 1. The number of aromatic nitrogens is 3. The van der Waals surface area contributed by atoms with Crippen LogP contribution < -0.4 is 82.7 Å². The molecule has 0 fully saturated rings. The Hall–Kier alpha value is -10.8. The quantitative estimate of drug-likeness (QED) is 0.0116. The Morgan fingerprint density at radius 1 is 0.423 bits per heavy atom. The first kappa shape index (κ1) is 75.3. The molecule has 3 aromatic heterocycles. The molecule has 8 amide bonds. The van der Waals surface area contributed by atoms with Crippen LogP contribution in [-0.2, 0) is 62.4 Å². The van der Waals surface area contributed by atoms with Gasteiger partial charge in [-0.25, -0.2) is 4.79 Å². The number of para-hydroxylation sites is 3. The first-order valence-electron chi connectivity index (χ1n) is 32.1. The molecular weight excluding hydrogens is 1250 g/mol. The summed E-state index contributed by atoms with van der Waals surface area (Å²) in [4.78, 5) is 149. The number of aromatic amines is 3. The number of nitrogens with two attached hydrogens (primary N) is 7. The Labute approximate surface area is 560 Å². The van der Waals surface area contributed by atoms with Crippen LogP contribution in [0.25, 0.3) is 32.7 Å².